The third-order valence-electron chi connectivity index (χ3n) is 5.33. The fourth-order valence-corrected chi connectivity index (χ4v) is 4.27. The van der Waals surface area contributed by atoms with Crippen molar-refractivity contribution in [2.45, 2.75) is 63.6 Å². The van der Waals surface area contributed by atoms with Crippen LogP contribution in [0.1, 0.15) is 48.9 Å². The maximum absolute atomic E-state index is 6.02. The zero-order valence-corrected chi connectivity index (χ0v) is 12.7. The highest BCUT2D eigenvalue weighted by Crippen LogP contribution is 2.34. The molecule has 4 nitrogen and oxygen atoms in total. The summed E-state index contributed by atoms with van der Waals surface area (Å²) in [7, 11) is 0. The Kier molecular flexibility index (Phi) is 3.59. The average molecular weight is 287 g/mol. The second-order valence-corrected chi connectivity index (χ2v) is 6.59. The molecule has 2 aliphatic carbocycles. The molecule has 0 bridgehead atoms. The van der Waals surface area contributed by atoms with Crippen molar-refractivity contribution in [2.75, 3.05) is 18.1 Å². The van der Waals surface area contributed by atoms with Gasteiger partial charge in [-0.1, -0.05) is 12.8 Å². The summed E-state index contributed by atoms with van der Waals surface area (Å²) in [5.41, 5.74) is 9.98. The van der Waals surface area contributed by atoms with E-state index in [2.05, 4.69) is 11.0 Å². The van der Waals surface area contributed by atoms with Crippen molar-refractivity contribution in [3.8, 4) is 0 Å². The van der Waals surface area contributed by atoms with E-state index in [-0.39, 0.29) is 0 Å². The third kappa shape index (κ3) is 2.34. The fraction of sp³-hybridized carbons (Fsp3) is 0.706. The van der Waals surface area contributed by atoms with Gasteiger partial charge in [-0.25, -0.2) is 4.98 Å². The molecule has 21 heavy (non-hydrogen) atoms. The molecule has 2 N–H and O–H groups in total. The number of nitrogens with zero attached hydrogens (tertiary/aromatic N) is 2. The van der Waals surface area contributed by atoms with E-state index >= 15 is 0 Å². The first-order chi connectivity index (χ1) is 10.4. The number of aromatic nitrogens is 1. The Labute approximate surface area is 126 Å². The number of rotatable bonds is 2. The highest BCUT2D eigenvalue weighted by Gasteiger charge is 2.36. The van der Waals surface area contributed by atoms with E-state index in [4.69, 9.17) is 15.5 Å². The monoisotopic (exact) mass is 287 g/mol. The van der Waals surface area contributed by atoms with Crippen LogP contribution in [0.5, 0.6) is 0 Å². The van der Waals surface area contributed by atoms with E-state index in [0.29, 0.717) is 18.7 Å². The van der Waals surface area contributed by atoms with E-state index in [1.54, 1.807) is 0 Å². The van der Waals surface area contributed by atoms with Crippen LogP contribution in [0.3, 0.4) is 0 Å². The number of ether oxygens (including phenoxy) is 1. The van der Waals surface area contributed by atoms with Gasteiger partial charge in [-0.15, -0.1) is 0 Å². The number of hydrogen-bond donors (Lipinski definition) is 1. The van der Waals surface area contributed by atoms with E-state index in [0.717, 1.165) is 25.4 Å². The van der Waals surface area contributed by atoms with Gasteiger partial charge < -0.3 is 15.4 Å². The summed E-state index contributed by atoms with van der Waals surface area (Å²) in [6.45, 7) is 2.37. The Balaban J connectivity index is 1.71. The lowest BCUT2D eigenvalue weighted by Crippen LogP contribution is -2.53. The smallest absolute Gasteiger partial charge is 0.133 e. The number of hydrogen-bond acceptors (Lipinski definition) is 4. The first-order valence-electron chi connectivity index (χ1n) is 8.47. The summed E-state index contributed by atoms with van der Waals surface area (Å²) in [6.07, 6.45) is 8.98. The largest absolute Gasteiger partial charge is 0.374 e. The Morgan fingerprint density at radius 2 is 2.14 bits per heavy atom. The molecule has 0 aromatic carbocycles. The number of pyridine rings is 1. The van der Waals surface area contributed by atoms with Gasteiger partial charge in [0.05, 0.1) is 18.8 Å². The van der Waals surface area contributed by atoms with Crippen LogP contribution in [0.25, 0.3) is 0 Å². The van der Waals surface area contributed by atoms with Gasteiger partial charge in [-0.2, -0.15) is 0 Å². The molecule has 0 radical (unpaired) electrons. The number of fused-ring (bicyclic) bond motifs is 2. The summed E-state index contributed by atoms with van der Waals surface area (Å²) < 4.78 is 6.00. The van der Waals surface area contributed by atoms with Gasteiger partial charge in [-0.3, -0.25) is 0 Å². The molecule has 4 heteroatoms. The molecule has 0 amide bonds. The lowest BCUT2D eigenvalue weighted by molar-refractivity contribution is -0.00906. The number of nitrogens with two attached hydrogens (primary N) is 1. The molecule has 0 spiro atoms. The van der Waals surface area contributed by atoms with Gasteiger partial charge in [0.1, 0.15) is 5.82 Å². The Morgan fingerprint density at radius 1 is 1.24 bits per heavy atom. The zero-order valence-electron chi connectivity index (χ0n) is 12.7. The predicted octanol–water partition coefficient (Wildman–Crippen LogP) is 2.18. The Bertz CT molecular complexity index is 529. The SMILES string of the molecule is NCc1cc2c(nc1N1CCOC3CCCCC31)CCC2. The molecule has 3 aliphatic rings. The molecule has 2 atom stereocenters. The van der Waals surface area contributed by atoms with E-state index in [1.165, 1.54) is 55.3 Å². The van der Waals surface area contributed by atoms with Crippen molar-refractivity contribution in [1.82, 2.24) is 4.98 Å². The summed E-state index contributed by atoms with van der Waals surface area (Å²) in [4.78, 5) is 7.54. The van der Waals surface area contributed by atoms with Crippen molar-refractivity contribution < 1.29 is 4.74 Å². The van der Waals surface area contributed by atoms with Crippen LogP contribution in [0.15, 0.2) is 6.07 Å². The highest BCUT2D eigenvalue weighted by atomic mass is 16.5. The lowest BCUT2D eigenvalue weighted by atomic mass is 9.90. The summed E-state index contributed by atoms with van der Waals surface area (Å²) in [6, 6.07) is 2.82. The number of anilines is 1. The molecule has 1 saturated carbocycles. The summed E-state index contributed by atoms with van der Waals surface area (Å²) in [5, 5.41) is 0. The normalized spacial score (nSPS) is 28.3. The Morgan fingerprint density at radius 3 is 3.05 bits per heavy atom. The van der Waals surface area contributed by atoms with Gasteiger partial charge in [0.25, 0.3) is 0 Å². The second kappa shape index (κ2) is 5.58. The molecule has 1 aliphatic heterocycles. The average Bonchev–Trinajstić information content (AvgIpc) is 3.00. The lowest BCUT2D eigenvalue weighted by Gasteiger charge is -2.45. The van der Waals surface area contributed by atoms with Gasteiger partial charge in [0.2, 0.25) is 0 Å². The van der Waals surface area contributed by atoms with E-state index in [9.17, 15) is 0 Å². The Hall–Kier alpha value is -1.13. The molecule has 2 fully saturated rings. The van der Waals surface area contributed by atoms with Crippen LogP contribution >= 0.6 is 0 Å². The molecular formula is C17H25N3O. The molecule has 1 saturated heterocycles. The van der Waals surface area contributed by atoms with Crippen molar-refractivity contribution in [3.63, 3.8) is 0 Å². The standard InChI is InChI=1S/C17H25N3O/c18-11-13-10-12-4-3-5-14(12)19-17(13)20-8-9-21-16-7-2-1-6-15(16)20/h10,15-16H,1-9,11,18H2. The van der Waals surface area contributed by atoms with Crippen LogP contribution in [0.2, 0.25) is 0 Å². The minimum absolute atomic E-state index is 0.396. The van der Waals surface area contributed by atoms with Crippen LogP contribution < -0.4 is 10.6 Å². The van der Waals surface area contributed by atoms with Crippen molar-refractivity contribution in [2.24, 2.45) is 5.73 Å². The van der Waals surface area contributed by atoms with Gasteiger partial charge in [0.15, 0.2) is 0 Å². The van der Waals surface area contributed by atoms with Crippen LogP contribution in [0, 0.1) is 0 Å². The first kappa shape index (κ1) is 13.5. The van der Waals surface area contributed by atoms with Gasteiger partial charge in [0, 0.05) is 24.3 Å². The molecule has 2 heterocycles. The highest BCUT2D eigenvalue weighted by molar-refractivity contribution is 5.52. The first-order valence-corrected chi connectivity index (χ1v) is 8.47. The topological polar surface area (TPSA) is 51.4 Å². The quantitative estimate of drug-likeness (QED) is 0.906. The van der Waals surface area contributed by atoms with E-state index < -0.39 is 0 Å². The second-order valence-electron chi connectivity index (χ2n) is 6.59. The molecule has 1 aromatic rings. The molecule has 2 unspecified atom stereocenters. The maximum Gasteiger partial charge on any atom is 0.133 e. The van der Waals surface area contributed by atoms with Crippen LogP contribution in [-0.2, 0) is 24.1 Å². The van der Waals surface area contributed by atoms with Gasteiger partial charge >= 0.3 is 0 Å². The summed E-state index contributed by atoms with van der Waals surface area (Å²) in [5.74, 6) is 1.15. The van der Waals surface area contributed by atoms with Gasteiger partial charge in [-0.05, 0) is 43.7 Å². The predicted molar refractivity (Wildman–Crippen MR) is 83.5 cm³/mol. The van der Waals surface area contributed by atoms with Crippen LogP contribution in [-0.4, -0.2) is 30.3 Å². The fourth-order valence-electron chi connectivity index (χ4n) is 4.27. The zero-order chi connectivity index (χ0) is 14.2. The van der Waals surface area contributed by atoms with Crippen LogP contribution in [0.4, 0.5) is 5.82 Å². The minimum atomic E-state index is 0.396. The molecule has 1 aromatic heterocycles. The minimum Gasteiger partial charge on any atom is -0.374 e. The molecular weight excluding hydrogens is 262 g/mol. The van der Waals surface area contributed by atoms with Crippen molar-refractivity contribution in [1.29, 1.82) is 0 Å². The molecule has 4 rings (SSSR count). The number of aryl methyl sites for hydroxylation is 2. The van der Waals surface area contributed by atoms with E-state index in [1.807, 2.05) is 0 Å². The molecule has 114 valence electrons. The number of morpholine rings is 1. The summed E-state index contributed by atoms with van der Waals surface area (Å²) >= 11 is 0. The third-order valence-corrected chi connectivity index (χ3v) is 5.33. The van der Waals surface area contributed by atoms with Crippen molar-refractivity contribution in [3.05, 3.63) is 22.9 Å². The van der Waals surface area contributed by atoms with Crippen molar-refractivity contribution >= 4 is 5.82 Å². The maximum atomic E-state index is 6.02.